The SMILES string of the molecule is Cc1nccnc1-n1c(CC(N)=S)nc2ccccc21. The molecule has 0 saturated heterocycles. The Bertz CT molecular complexity index is 793. The highest BCUT2D eigenvalue weighted by molar-refractivity contribution is 7.80. The van der Waals surface area contributed by atoms with Crippen LogP contribution in [0, 0.1) is 6.92 Å². The van der Waals surface area contributed by atoms with Gasteiger partial charge in [-0.3, -0.25) is 9.55 Å². The first-order chi connectivity index (χ1) is 9.66. The van der Waals surface area contributed by atoms with Crippen molar-refractivity contribution in [2.45, 2.75) is 13.3 Å². The monoisotopic (exact) mass is 283 g/mol. The number of nitrogens with zero attached hydrogens (tertiary/aromatic N) is 4. The number of imidazole rings is 1. The van der Waals surface area contributed by atoms with Crippen molar-refractivity contribution in [3.63, 3.8) is 0 Å². The minimum absolute atomic E-state index is 0.406. The molecular formula is C14H13N5S. The van der Waals surface area contributed by atoms with Crippen LogP contribution in [0.3, 0.4) is 0 Å². The molecule has 100 valence electrons. The Kier molecular flexibility index (Phi) is 3.15. The molecule has 0 aliphatic rings. The van der Waals surface area contributed by atoms with Crippen molar-refractivity contribution in [2.75, 3.05) is 0 Å². The summed E-state index contributed by atoms with van der Waals surface area (Å²) in [5.74, 6) is 1.54. The van der Waals surface area contributed by atoms with Crippen LogP contribution in [0.1, 0.15) is 11.5 Å². The van der Waals surface area contributed by atoms with Gasteiger partial charge < -0.3 is 5.73 Å². The van der Waals surface area contributed by atoms with Crippen molar-refractivity contribution in [2.24, 2.45) is 5.73 Å². The number of aromatic nitrogens is 4. The lowest BCUT2D eigenvalue weighted by Crippen LogP contribution is -2.16. The second kappa shape index (κ2) is 4.97. The van der Waals surface area contributed by atoms with Gasteiger partial charge in [-0.15, -0.1) is 0 Å². The quantitative estimate of drug-likeness (QED) is 0.744. The van der Waals surface area contributed by atoms with Gasteiger partial charge in [0.25, 0.3) is 0 Å². The van der Waals surface area contributed by atoms with Crippen LogP contribution in [0.2, 0.25) is 0 Å². The second-order valence-corrected chi connectivity index (χ2v) is 4.98. The number of benzene rings is 1. The average molecular weight is 283 g/mol. The van der Waals surface area contributed by atoms with E-state index in [-0.39, 0.29) is 0 Å². The molecule has 3 aromatic rings. The molecule has 2 aromatic heterocycles. The summed E-state index contributed by atoms with van der Waals surface area (Å²) in [6, 6.07) is 7.88. The van der Waals surface area contributed by atoms with Crippen molar-refractivity contribution in [3.8, 4) is 5.82 Å². The second-order valence-electron chi connectivity index (χ2n) is 4.46. The van der Waals surface area contributed by atoms with E-state index in [1.807, 2.05) is 35.8 Å². The minimum atomic E-state index is 0.406. The van der Waals surface area contributed by atoms with Gasteiger partial charge in [0.05, 0.1) is 28.1 Å². The Labute approximate surface area is 121 Å². The standard InChI is InChI=1S/C14H13N5S/c1-9-14(17-7-6-16-9)19-11-5-3-2-4-10(11)18-13(19)8-12(15)20/h2-7H,8H2,1H3,(H2,15,20). The van der Waals surface area contributed by atoms with Crippen LogP contribution in [-0.2, 0) is 6.42 Å². The van der Waals surface area contributed by atoms with Crippen LogP contribution in [0.15, 0.2) is 36.7 Å². The number of para-hydroxylation sites is 2. The molecule has 0 radical (unpaired) electrons. The zero-order valence-electron chi connectivity index (χ0n) is 10.9. The molecule has 0 saturated carbocycles. The molecule has 6 heteroatoms. The fourth-order valence-corrected chi connectivity index (χ4v) is 2.34. The predicted molar refractivity (Wildman–Crippen MR) is 81.9 cm³/mol. The zero-order valence-corrected chi connectivity index (χ0v) is 11.8. The Morgan fingerprint density at radius 2 is 2.00 bits per heavy atom. The van der Waals surface area contributed by atoms with Crippen molar-refractivity contribution in [1.82, 2.24) is 19.5 Å². The van der Waals surface area contributed by atoms with Gasteiger partial charge in [0.1, 0.15) is 5.82 Å². The van der Waals surface area contributed by atoms with Gasteiger partial charge in [-0.25, -0.2) is 9.97 Å². The molecule has 0 spiro atoms. The summed E-state index contributed by atoms with van der Waals surface area (Å²) >= 11 is 5.01. The summed E-state index contributed by atoms with van der Waals surface area (Å²) in [5, 5.41) is 0. The van der Waals surface area contributed by atoms with Gasteiger partial charge >= 0.3 is 0 Å². The fourth-order valence-electron chi connectivity index (χ4n) is 2.21. The van der Waals surface area contributed by atoms with Crippen LogP contribution in [0.5, 0.6) is 0 Å². The van der Waals surface area contributed by atoms with Gasteiger partial charge in [0, 0.05) is 12.4 Å². The predicted octanol–water partition coefficient (Wildman–Crippen LogP) is 1.95. The van der Waals surface area contributed by atoms with Gasteiger partial charge in [0.15, 0.2) is 5.82 Å². The average Bonchev–Trinajstić information content (AvgIpc) is 2.76. The molecule has 3 rings (SSSR count). The largest absolute Gasteiger partial charge is 0.393 e. The van der Waals surface area contributed by atoms with E-state index in [1.165, 1.54) is 0 Å². The third-order valence-electron chi connectivity index (χ3n) is 3.03. The molecular weight excluding hydrogens is 270 g/mol. The van der Waals surface area contributed by atoms with E-state index >= 15 is 0 Å². The Hall–Kier alpha value is -2.34. The van der Waals surface area contributed by atoms with E-state index in [4.69, 9.17) is 18.0 Å². The minimum Gasteiger partial charge on any atom is -0.393 e. The maximum absolute atomic E-state index is 5.67. The van der Waals surface area contributed by atoms with Crippen LogP contribution < -0.4 is 5.73 Å². The van der Waals surface area contributed by atoms with Crippen LogP contribution >= 0.6 is 12.2 Å². The lowest BCUT2D eigenvalue weighted by Gasteiger charge is -2.09. The first-order valence-corrected chi connectivity index (χ1v) is 6.60. The number of hydrogen-bond donors (Lipinski definition) is 1. The highest BCUT2D eigenvalue weighted by Gasteiger charge is 2.15. The topological polar surface area (TPSA) is 69.6 Å². The van der Waals surface area contributed by atoms with E-state index in [0.29, 0.717) is 11.4 Å². The van der Waals surface area contributed by atoms with Crippen molar-refractivity contribution < 1.29 is 0 Å². The number of hydrogen-bond acceptors (Lipinski definition) is 4. The summed E-state index contributed by atoms with van der Waals surface area (Å²) < 4.78 is 1.97. The Morgan fingerprint density at radius 1 is 1.25 bits per heavy atom. The van der Waals surface area contributed by atoms with Crippen LogP contribution in [0.4, 0.5) is 0 Å². The van der Waals surface area contributed by atoms with Crippen molar-refractivity contribution in [3.05, 3.63) is 48.2 Å². The zero-order chi connectivity index (χ0) is 14.1. The molecule has 2 N–H and O–H groups in total. The molecule has 0 unspecified atom stereocenters. The Morgan fingerprint density at radius 3 is 2.75 bits per heavy atom. The van der Waals surface area contributed by atoms with Gasteiger partial charge in [-0.05, 0) is 19.1 Å². The maximum atomic E-state index is 5.67. The molecule has 20 heavy (non-hydrogen) atoms. The summed E-state index contributed by atoms with van der Waals surface area (Å²) in [6.45, 7) is 1.92. The van der Waals surface area contributed by atoms with E-state index in [2.05, 4.69) is 15.0 Å². The normalized spacial score (nSPS) is 10.8. The third kappa shape index (κ3) is 2.14. The molecule has 0 bridgehead atoms. The summed E-state index contributed by atoms with van der Waals surface area (Å²) in [7, 11) is 0. The highest BCUT2D eigenvalue weighted by Crippen LogP contribution is 2.21. The number of nitrogens with two attached hydrogens (primary N) is 1. The molecule has 0 aliphatic heterocycles. The van der Waals surface area contributed by atoms with E-state index in [1.54, 1.807) is 12.4 Å². The molecule has 5 nitrogen and oxygen atoms in total. The number of aryl methyl sites for hydroxylation is 1. The van der Waals surface area contributed by atoms with Gasteiger partial charge in [0.2, 0.25) is 0 Å². The first kappa shape index (κ1) is 12.7. The molecule has 0 amide bonds. The molecule has 0 fully saturated rings. The van der Waals surface area contributed by atoms with Crippen molar-refractivity contribution in [1.29, 1.82) is 0 Å². The van der Waals surface area contributed by atoms with Gasteiger partial charge in [-0.1, -0.05) is 24.4 Å². The summed E-state index contributed by atoms with van der Waals surface area (Å²) in [5.41, 5.74) is 8.37. The lowest BCUT2D eigenvalue weighted by atomic mass is 10.3. The van der Waals surface area contributed by atoms with Gasteiger partial charge in [-0.2, -0.15) is 0 Å². The summed E-state index contributed by atoms with van der Waals surface area (Å²) in [4.78, 5) is 13.7. The molecule has 0 aliphatic carbocycles. The number of rotatable bonds is 3. The van der Waals surface area contributed by atoms with E-state index < -0.39 is 0 Å². The fraction of sp³-hybridized carbons (Fsp3) is 0.143. The van der Waals surface area contributed by atoms with E-state index in [9.17, 15) is 0 Å². The highest BCUT2D eigenvalue weighted by atomic mass is 32.1. The van der Waals surface area contributed by atoms with Crippen LogP contribution in [-0.4, -0.2) is 24.5 Å². The van der Waals surface area contributed by atoms with Crippen molar-refractivity contribution >= 4 is 28.2 Å². The number of thiocarbonyl (C=S) groups is 1. The molecule has 2 heterocycles. The lowest BCUT2D eigenvalue weighted by molar-refractivity contribution is 0.901. The summed E-state index contributed by atoms with van der Waals surface area (Å²) in [6.07, 6.45) is 3.77. The van der Waals surface area contributed by atoms with E-state index in [0.717, 1.165) is 28.4 Å². The van der Waals surface area contributed by atoms with Crippen LogP contribution in [0.25, 0.3) is 16.9 Å². The smallest absolute Gasteiger partial charge is 0.160 e. The Balaban J connectivity index is 2.31. The molecule has 0 atom stereocenters. The number of fused-ring (bicyclic) bond motifs is 1. The molecule has 1 aromatic carbocycles. The maximum Gasteiger partial charge on any atom is 0.160 e. The third-order valence-corrected chi connectivity index (χ3v) is 3.17. The first-order valence-electron chi connectivity index (χ1n) is 6.19.